The van der Waals surface area contributed by atoms with Crippen molar-refractivity contribution in [2.45, 2.75) is 25.3 Å². The van der Waals surface area contributed by atoms with E-state index >= 15 is 0 Å². The number of ether oxygens (including phenoxy) is 2. The molecule has 0 aliphatic rings. The highest BCUT2D eigenvalue weighted by molar-refractivity contribution is 5.94. The topological polar surface area (TPSA) is 73.3 Å². The second kappa shape index (κ2) is 8.97. The number of alkyl halides is 6. The van der Waals surface area contributed by atoms with Crippen molar-refractivity contribution in [2.24, 2.45) is 0 Å². The van der Waals surface area contributed by atoms with Gasteiger partial charge in [0.25, 0.3) is 5.91 Å². The largest absolute Gasteiger partial charge is 0.483 e. The molecule has 2 aromatic heterocycles. The highest BCUT2D eigenvalue weighted by Crippen LogP contribution is 2.20. The number of rotatable bonds is 7. The van der Waals surface area contributed by atoms with E-state index in [4.69, 9.17) is 0 Å². The molecule has 0 aliphatic heterocycles. The predicted octanol–water partition coefficient (Wildman–Crippen LogP) is 3.85. The molecule has 1 atom stereocenters. The molecule has 0 fully saturated rings. The Kier molecular flexibility index (Phi) is 6.88. The standard InChI is InChI=1S/C17H15F6N3O3/c1-10(13-4-3-12(7-24-13)28-8-16(18,19)20)26-15(27)11-2-5-14(25-6-11)29-9-17(21,22)23/h2-7,10H,8-9H2,1H3,(H,26,27). The van der Waals surface area contributed by atoms with Crippen LogP contribution in [0.4, 0.5) is 26.3 Å². The smallest absolute Gasteiger partial charge is 0.422 e. The first-order chi connectivity index (χ1) is 13.4. The molecule has 2 aromatic rings. The average Bonchev–Trinajstić information content (AvgIpc) is 2.64. The summed E-state index contributed by atoms with van der Waals surface area (Å²) in [5.74, 6) is -0.946. The van der Waals surface area contributed by atoms with E-state index in [1.54, 1.807) is 6.92 Å². The molecule has 158 valence electrons. The van der Waals surface area contributed by atoms with Crippen molar-refractivity contribution in [3.63, 3.8) is 0 Å². The summed E-state index contributed by atoms with van der Waals surface area (Å²) in [7, 11) is 0. The van der Waals surface area contributed by atoms with Crippen LogP contribution in [0.25, 0.3) is 0 Å². The number of pyridine rings is 2. The van der Waals surface area contributed by atoms with Gasteiger partial charge in [-0.3, -0.25) is 9.78 Å². The molecule has 6 nitrogen and oxygen atoms in total. The third-order valence-electron chi connectivity index (χ3n) is 3.34. The third-order valence-corrected chi connectivity index (χ3v) is 3.34. The van der Waals surface area contributed by atoms with E-state index in [-0.39, 0.29) is 17.2 Å². The molecule has 0 aliphatic carbocycles. The molecule has 0 saturated carbocycles. The molecular formula is C17H15F6N3O3. The normalized spacial score (nSPS) is 12.9. The van der Waals surface area contributed by atoms with Crippen LogP contribution in [0.2, 0.25) is 0 Å². The zero-order valence-electron chi connectivity index (χ0n) is 14.8. The second-order valence-electron chi connectivity index (χ2n) is 5.81. The maximum Gasteiger partial charge on any atom is 0.422 e. The minimum Gasteiger partial charge on any atom is -0.483 e. The molecule has 0 radical (unpaired) electrons. The lowest BCUT2D eigenvalue weighted by Gasteiger charge is -2.14. The van der Waals surface area contributed by atoms with Crippen LogP contribution < -0.4 is 14.8 Å². The van der Waals surface area contributed by atoms with Gasteiger partial charge in [-0.15, -0.1) is 0 Å². The van der Waals surface area contributed by atoms with Gasteiger partial charge in [-0.1, -0.05) is 0 Å². The molecule has 29 heavy (non-hydrogen) atoms. The fraction of sp³-hybridized carbons (Fsp3) is 0.353. The van der Waals surface area contributed by atoms with Gasteiger partial charge in [-0.05, 0) is 25.1 Å². The van der Waals surface area contributed by atoms with Gasteiger partial charge in [-0.25, -0.2) is 4.98 Å². The summed E-state index contributed by atoms with van der Waals surface area (Å²) in [4.78, 5) is 19.8. The van der Waals surface area contributed by atoms with Gasteiger partial charge in [0.1, 0.15) is 5.75 Å². The number of halogens is 6. The Labute approximate surface area is 160 Å². The Bertz CT molecular complexity index is 807. The van der Waals surface area contributed by atoms with Crippen LogP contribution in [0, 0.1) is 0 Å². The van der Waals surface area contributed by atoms with E-state index in [1.165, 1.54) is 18.2 Å². The molecule has 1 amide bonds. The van der Waals surface area contributed by atoms with Crippen LogP contribution in [0.1, 0.15) is 29.0 Å². The van der Waals surface area contributed by atoms with Gasteiger partial charge < -0.3 is 14.8 Å². The zero-order chi connectivity index (χ0) is 21.7. The summed E-state index contributed by atoms with van der Waals surface area (Å²) in [6.07, 6.45) is -6.83. The van der Waals surface area contributed by atoms with Crippen LogP contribution in [-0.4, -0.2) is 41.4 Å². The summed E-state index contributed by atoms with van der Waals surface area (Å²) < 4.78 is 81.6. The molecule has 2 rings (SSSR count). The molecule has 0 aromatic carbocycles. The first kappa shape index (κ1) is 22.2. The molecule has 0 saturated heterocycles. The summed E-state index contributed by atoms with van der Waals surface area (Å²) in [6.45, 7) is -1.36. The maximum absolute atomic E-state index is 12.2. The van der Waals surface area contributed by atoms with Gasteiger partial charge in [-0.2, -0.15) is 26.3 Å². The number of carbonyl (C=O) groups is 1. The van der Waals surface area contributed by atoms with Gasteiger partial charge in [0, 0.05) is 12.3 Å². The maximum atomic E-state index is 12.2. The van der Waals surface area contributed by atoms with E-state index in [9.17, 15) is 31.1 Å². The van der Waals surface area contributed by atoms with Crippen molar-refractivity contribution in [1.29, 1.82) is 0 Å². The number of hydrogen-bond acceptors (Lipinski definition) is 5. The number of carbonyl (C=O) groups excluding carboxylic acids is 1. The minimum absolute atomic E-state index is 0.0707. The lowest BCUT2D eigenvalue weighted by atomic mass is 10.2. The second-order valence-corrected chi connectivity index (χ2v) is 5.81. The number of nitrogens with one attached hydrogen (secondary N) is 1. The summed E-state index contributed by atoms with van der Waals surface area (Å²) in [6, 6.07) is 4.42. The highest BCUT2D eigenvalue weighted by Gasteiger charge is 2.29. The van der Waals surface area contributed by atoms with Crippen molar-refractivity contribution < 1.29 is 40.6 Å². The lowest BCUT2D eigenvalue weighted by molar-refractivity contribution is -0.154. The number of aromatic nitrogens is 2. The average molecular weight is 423 g/mol. The number of nitrogens with zero attached hydrogens (tertiary/aromatic N) is 2. The van der Waals surface area contributed by atoms with Crippen molar-refractivity contribution in [3.05, 3.63) is 47.9 Å². The van der Waals surface area contributed by atoms with E-state index < -0.39 is 37.5 Å². The first-order valence-corrected chi connectivity index (χ1v) is 8.05. The molecule has 0 spiro atoms. The number of amides is 1. The zero-order valence-corrected chi connectivity index (χ0v) is 14.8. The molecule has 12 heteroatoms. The Morgan fingerprint density at radius 3 is 2.14 bits per heavy atom. The summed E-state index contributed by atoms with van der Waals surface area (Å²) in [5.41, 5.74) is 0.428. The van der Waals surface area contributed by atoms with Crippen molar-refractivity contribution >= 4 is 5.91 Å². The van der Waals surface area contributed by atoms with Crippen LogP contribution in [0.15, 0.2) is 36.7 Å². The Morgan fingerprint density at radius 2 is 1.62 bits per heavy atom. The Morgan fingerprint density at radius 1 is 0.966 bits per heavy atom. The molecule has 2 heterocycles. The van der Waals surface area contributed by atoms with E-state index in [0.29, 0.717) is 5.69 Å². The van der Waals surface area contributed by atoms with Gasteiger partial charge in [0.2, 0.25) is 5.88 Å². The van der Waals surface area contributed by atoms with Gasteiger partial charge in [0.05, 0.1) is 23.5 Å². The van der Waals surface area contributed by atoms with Crippen LogP contribution >= 0.6 is 0 Å². The fourth-order valence-electron chi connectivity index (χ4n) is 2.01. The first-order valence-electron chi connectivity index (χ1n) is 8.05. The van der Waals surface area contributed by atoms with E-state index in [0.717, 1.165) is 18.5 Å². The molecule has 1 N–H and O–H groups in total. The van der Waals surface area contributed by atoms with E-state index in [2.05, 4.69) is 24.8 Å². The fourth-order valence-corrected chi connectivity index (χ4v) is 2.01. The third kappa shape index (κ3) is 7.84. The van der Waals surface area contributed by atoms with Crippen molar-refractivity contribution in [2.75, 3.05) is 13.2 Å². The highest BCUT2D eigenvalue weighted by atomic mass is 19.4. The summed E-state index contributed by atoms with van der Waals surface area (Å²) >= 11 is 0. The van der Waals surface area contributed by atoms with Crippen LogP contribution in [-0.2, 0) is 0 Å². The molecular weight excluding hydrogens is 408 g/mol. The minimum atomic E-state index is -4.51. The van der Waals surface area contributed by atoms with Crippen molar-refractivity contribution in [1.82, 2.24) is 15.3 Å². The Balaban J connectivity index is 1.91. The monoisotopic (exact) mass is 423 g/mol. The quantitative estimate of drug-likeness (QED) is 0.685. The molecule has 1 unspecified atom stereocenters. The lowest BCUT2D eigenvalue weighted by Crippen LogP contribution is -2.27. The molecule has 0 bridgehead atoms. The van der Waals surface area contributed by atoms with Gasteiger partial charge in [0.15, 0.2) is 13.2 Å². The van der Waals surface area contributed by atoms with Crippen LogP contribution in [0.3, 0.4) is 0 Å². The summed E-state index contributed by atoms with van der Waals surface area (Å²) in [5, 5.41) is 2.58. The van der Waals surface area contributed by atoms with Crippen molar-refractivity contribution in [3.8, 4) is 11.6 Å². The Hall–Kier alpha value is -3.05. The number of hydrogen-bond donors (Lipinski definition) is 1. The predicted molar refractivity (Wildman–Crippen MR) is 87.5 cm³/mol. The van der Waals surface area contributed by atoms with Crippen LogP contribution in [0.5, 0.6) is 11.6 Å². The SMILES string of the molecule is CC(NC(=O)c1ccc(OCC(F)(F)F)nc1)c1ccc(OCC(F)(F)F)cn1. The van der Waals surface area contributed by atoms with E-state index in [1.807, 2.05) is 0 Å². The van der Waals surface area contributed by atoms with Gasteiger partial charge >= 0.3 is 12.4 Å².